The van der Waals surface area contributed by atoms with E-state index in [2.05, 4.69) is 66.2 Å². The number of carbonyl (C=O) groups is 1. The van der Waals surface area contributed by atoms with Gasteiger partial charge in [-0.1, -0.05) is 37.3 Å². The minimum atomic E-state index is 0.241. The highest BCUT2D eigenvalue weighted by Crippen LogP contribution is 2.29. The average Bonchev–Trinajstić information content (AvgIpc) is 2.72. The predicted octanol–water partition coefficient (Wildman–Crippen LogP) is 3.84. The van der Waals surface area contributed by atoms with Crippen LogP contribution in [0.1, 0.15) is 64.5 Å². The molecule has 1 N–H and O–H groups in total. The van der Waals surface area contributed by atoms with Gasteiger partial charge in [-0.15, -0.1) is 0 Å². The van der Waals surface area contributed by atoms with E-state index in [4.69, 9.17) is 0 Å². The van der Waals surface area contributed by atoms with Crippen LogP contribution in [0.15, 0.2) is 30.3 Å². The number of nitrogens with one attached hydrogen (secondary N) is 1. The first kappa shape index (κ1) is 20.3. The standard InChI is InChI=1S/C23H37N3O/c1-4-22(19-8-6-5-7-9-19)24-21-12-10-20(11-13-21)23(27)26-16-14-25(15-17-26)18(2)3/h5-9,18,20-22,24H,4,10-17H2,1-3H3. The van der Waals surface area contributed by atoms with Gasteiger partial charge in [0.05, 0.1) is 0 Å². The third-order valence-corrected chi connectivity index (χ3v) is 6.48. The first-order valence-corrected chi connectivity index (χ1v) is 10.9. The Balaban J connectivity index is 1.45. The summed E-state index contributed by atoms with van der Waals surface area (Å²) in [6.07, 6.45) is 5.40. The zero-order valence-corrected chi connectivity index (χ0v) is 17.4. The van der Waals surface area contributed by atoms with Gasteiger partial charge in [0.15, 0.2) is 0 Å². The van der Waals surface area contributed by atoms with E-state index in [0.29, 0.717) is 24.0 Å². The molecule has 1 aliphatic carbocycles. The van der Waals surface area contributed by atoms with Gasteiger partial charge >= 0.3 is 0 Å². The molecule has 1 saturated carbocycles. The third-order valence-electron chi connectivity index (χ3n) is 6.48. The van der Waals surface area contributed by atoms with Gasteiger partial charge < -0.3 is 10.2 Å². The summed E-state index contributed by atoms with van der Waals surface area (Å²) in [5, 5.41) is 3.85. The molecule has 27 heavy (non-hydrogen) atoms. The lowest BCUT2D eigenvalue weighted by Crippen LogP contribution is -2.52. The van der Waals surface area contributed by atoms with E-state index in [1.165, 1.54) is 5.56 Å². The van der Waals surface area contributed by atoms with Gasteiger partial charge in [0.25, 0.3) is 0 Å². The van der Waals surface area contributed by atoms with Crippen LogP contribution in [-0.4, -0.2) is 54.0 Å². The molecule has 4 heteroatoms. The number of hydrogen-bond donors (Lipinski definition) is 1. The normalized spacial score (nSPS) is 25.6. The van der Waals surface area contributed by atoms with Crippen LogP contribution in [0.3, 0.4) is 0 Å². The van der Waals surface area contributed by atoms with E-state index < -0.39 is 0 Å². The number of piperazine rings is 1. The minimum absolute atomic E-state index is 0.241. The van der Waals surface area contributed by atoms with Crippen molar-refractivity contribution < 1.29 is 4.79 Å². The molecule has 150 valence electrons. The van der Waals surface area contributed by atoms with Gasteiger partial charge in [-0.3, -0.25) is 9.69 Å². The summed E-state index contributed by atoms with van der Waals surface area (Å²) in [7, 11) is 0. The van der Waals surface area contributed by atoms with Crippen molar-refractivity contribution in [3.05, 3.63) is 35.9 Å². The first-order valence-electron chi connectivity index (χ1n) is 10.9. The highest BCUT2D eigenvalue weighted by Gasteiger charge is 2.31. The van der Waals surface area contributed by atoms with Crippen LogP contribution in [0.25, 0.3) is 0 Å². The number of amides is 1. The van der Waals surface area contributed by atoms with Crippen molar-refractivity contribution in [2.45, 2.75) is 71.0 Å². The Morgan fingerprint density at radius 3 is 2.22 bits per heavy atom. The molecule has 1 unspecified atom stereocenters. The molecule has 3 rings (SSSR count). The van der Waals surface area contributed by atoms with Crippen molar-refractivity contribution >= 4 is 5.91 Å². The topological polar surface area (TPSA) is 35.6 Å². The average molecular weight is 372 g/mol. The molecule has 2 fully saturated rings. The molecule has 1 amide bonds. The van der Waals surface area contributed by atoms with E-state index in [1.807, 2.05) is 0 Å². The molecular weight excluding hydrogens is 334 g/mol. The predicted molar refractivity (Wildman–Crippen MR) is 112 cm³/mol. The fraction of sp³-hybridized carbons (Fsp3) is 0.696. The number of benzene rings is 1. The quantitative estimate of drug-likeness (QED) is 0.825. The van der Waals surface area contributed by atoms with Crippen LogP contribution in [0.2, 0.25) is 0 Å². The van der Waals surface area contributed by atoms with Crippen molar-refractivity contribution in [3.63, 3.8) is 0 Å². The Hall–Kier alpha value is -1.39. The fourth-order valence-electron chi connectivity index (χ4n) is 4.64. The van der Waals surface area contributed by atoms with E-state index in [-0.39, 0.29) is 5.92 Å². The monoisotopic (exact) mass is 371 g/mol. The van der Waals surface area contributed by atoms with Gasteiger partial charge in [0.1, 0.15) is 0 Å². The molecule has 1 heterocycles. The summed E-state index contributed by atoms with van der Waals surface area (Å²) in [6.45, 7) is 10.6. The van der Waals surface area contributed by atoms with Crippen LogP contribution in [0.4, 0.5) is 0 Å². The molecule has 2 aliphatic rings. The lowest BCUT2D eigenvalue weighted by Gasteiger charge is -2.39. The summed E-state index contributed by atoms with van der Waals surface area (Å²) in [5.74, 6) is 0.650. The first-order chi connectivity index (χ1) is 13.1. The molecule has 1 aromatic rings. The third kappa shape index (κ3) is 5.32. The Kier molecular flexibility index (Phi) is 7.31. The van der Waals surface area contributed by atoms with Crippen LogP contribution in [0, 0.1) is 5.92 Å². The van der Waals surface area contributed by atoms with E-state index in [0.717, 1.165) is 58.3 Å². The van der Waals surface area contributed by atoms with E-state index >= 15 is 0 Å². The van der Waals surface area contributed by atoms with Crippen molar-refractivity contribution in [3.8, 4) is 0 Å². The number of hydrogen-bond acceptors (Lipinski definition) is 3. The molecule has 1 saturated heterocycles. The lowest BCUT2D eigenvalue weighted by molar-refractivity contribution is -0.138. The van der Waals surface area contributed by atoms with E-state index in [9.17, 15) is 4.79 Å². The SMILES string of the molecule is CCC(NC1CCC(C(=O)N2CCN(C(C)C)CC2)CC1)c1ccccc1. The zero-order chi connectivity index (χ0) is 19.2. The van der Waals surface area contributed by atoms with Crippen LogP contribution >= 0.6 is 0 Å². The molecule has 1 aromatic carbocycles. The number of carbonyl (C=O) groups excluding carboxylic acids is 1. The second kappa shape index (κ2) is 9.70. The van der Waals surface area contributed by atoms with Crippen LogP contribution in [0.5, 0.6) is 0 Å². The summed E-state index contributed by atoms with van der Waals surface area (Å²) < 4.78 is 0. The van der Waals surface area contributed by atoms with Crippen molar-refractivity contribution in [2.75, 3.05) is 26.2 Å². The molecule has 1 aliphatic heterocycles. The maximum Gasteiger partial charge on any atom is 0.225 e. The molecule has 0 spiro atoms. The minimum Gasteiger partial charge on any atom is -0.340 e. The number of rotatable bonds is 6. The van der Waals surface area contributed by atoms with Gasteiger partial charge in [-0.25, -0.2) is 0 Å². The summed E-state index contributed by atoms with van der Waals surface area (Å²) in [6, 6.07) is 12.3. The van der Waals surface area contributed by atoms with Crippen LogP contribution < -0.4 is 5.32 Å². The Morgan fingerprint density at radius 2 is 1.67 bits per heavy atom. The summed E-state index contributed by atoms with van der Waals surface area (Å²) >= 11 is 0. The largest absolute Gasteiger partial charge is 0.340 e. The Morgan fingerprint density at radius 1 is 1.04 bits per heavy atom. The van der Waals surface area contributed by atoms with E-state index in [1.54, 1.807) is 0 Å². The molecule has 0 bridgehead atoms. The molecule has 0 aromatic heterocycles. The van der Waals surface area contributed by atoms with Gasteiger partial charge in [-0.05, 0) is 51.5 Å². The zero-order valence-electron chi connectivity index (χ0n) is 17.4. The van der Waals surface area contributed by atoms with Crippen molar-refractivity contribution in [1.82, 2.24) is 15.1 Å². The molecule has 4 nitrogen and oxygen atoms in total. The van der Waals surface area contributed by atoms with Gasteiger partial charge in [-0.2, -0.15) is 0 Å². The highest BCUT2D eigenvalue weighted by atomic mass is 16.2. The number of nitrogens with zero attached hydrogens (tertiary/aromatic N) is 2. The van der Waals surface area contributed by atoms with Gasteiger partial charge in [0, 0.05) is 50.2 Å². The van der Waals surface area contributed by atoms with Crippen LogP contribution in [-0.2, 0) is 4.79 Å². The van der Waals surface area contributed by atoms with Crippen molar-refractivity contribution in [1.29, 1.82) is 0 Å². The summed E-state index contributed by atoms with van der Waals surface area (Å²) in [5.41, 5.74) is 1.38. The fourth-order valence-corrected chi connectivity index (χ4v) is 4.64. The maximum absolute atomic E-state index is 12.9. The second-order valence-electron chi connectivity index (χ2n) is 8.54. The Bertz CT molecular complexity index is 573. The lowest BCUT2D eigenvalue weighted by atomic mass is 9.84. The van der Waals surface area contributed by atoms with Gasteiger partial charge in [0.2, 0.25) is 5.91 Å². The van der Waals surface area contributed by atoms with Crippen molar-refractivity contribution in [2.24, 2.45) is 5.92 Å². The molecule has 1 atom stereocenters. The summed E-state index contributed by atoms with van der Waals surface area (Å²) in [4.78, 5) is 17.5. The molecular formula is C23H37N3O. The molecule has 0 radical (unpaired) electrons. The smallest absolute Gasteiger partial charge is 0.225 e. The maximum atomic E-state index is 12.9. The Labute approximate surface area is 165 Å². The highest BCUT2D eigenvalue weighted by molar-refractivity contribution is 5.79. The second-order valence-corrected chi connectivity index (χ2v) is 8.54.